The normalized spacial score (nSPS) is 15.1. The van der Waals surface area contributed by atoms with E-state index in [-0.39, 0.29) is 31.3 Å². The van der Waals surface area contributed by atoms with Gasteiger partial charge in [0.15, 0.2) is 5.76 Å². The molecule has 0 bridgehead atoms. The van der Waals surface area contributed by atoms with Gasteiger partial charge in [-0.15, -0.1) is 11.3 Å². The van der Waals surface area contributed by atoms with Crippen LogP contribution in [0.15, 0.2) is 57.3 Å². The summed E-state index contributed by atoms with van der Waals surface area (Å²) < 4.78 is 5.79. The number of rotatable bonds is 7. The summed E-state index contributed by atoms with van der Waals surface area (Å²) >= 11 is 8.14. The molecule has 3 heterocycles. The average molecular weight is 470 g/mol. The molecule has 1 aromatic carbocycles. The Morgan fingerprint density at radius 3 is 2.84 bits per heavy atom. The third-order valence-electron chi connectivity index (χ3n) is 4.62. The summed E-state index contributed by atoms with van der Waals surface area (Å²) in [4.78, 5) is 27.9. The highest BCUT2D eigenvalue weighted by atomic mass is 32.2. The molecular formula is C22H19N3O3S3. The van der Waals surface area contributed by atoms with Gasteiger partial charge in [-0.25, -0.2) is 0 Å². The van der Waals surface area contributed by atoms with Crippen molar-refractivity contribution in [3.05, 3.63) is 69.0 Å². The molecule has 1 fully saturated rings. The highest BCUT2D eigenvalue weighted by molar-refractivity contribution is 8.26. The van der Waals surface area contributed by atoms with Crippen LogP contribution in [0.5, 0.6) is 0 Å². The van der Waals surface area contributed by atoms with Gasteiger partial charge in [0.05, 0.1) is 11.4 Å². The van der Waals surface area contributed by atoms with Crippen molar-refractivity contribution < 1.29 is 14.1 Å². The van der Waals surface area contributed by atoms with Crippen LogP contribution in [-0.4, -0.2) is 32.7 Å². The first-order chi connectivity index (χ1) is 15.0. The van der Waals surface area contributed by atoms with E-state index in [1.807, 2.05) is 60.8 Å². The molecule has 1 N–H and O–H groups in total. The Labute approximate surface area is 193 Å². The molecule has 158 valence electrons. The van der Waals surface area contributed by atoms with Crippen LogP contribution in [0.25, 0.3) is 17.3 Å². The van der Waals surface area contributed by atoms with Gasteiger partial charge in [0.2, 0.25) is 5.91 Å². The van der Waals surface area contributed by atoms with Crippen LogP contribution in [0.1, 0.15) is 22.6 Å². The minimum atomic E-state index is -0.190. The Hall–Kier alpha value is -2.75. The predicted octanol–water partition coefficient (Wildman–Crippen LogP) is 4.62. The molecule has 1 aliphatic heterocycles. The lowest BCUT2D eigenvalue weighted by Crippen LogP contribution is -2.33. The van der Waals surface area contributed by atoms with Crippen molar-refractivity contribution in [2.24, 2.45) is 0 Å². The van der Waals surface area contributed by atoms with E-state index in [4.69, 9.17) is 16.7 Å². The van der Waals surface area contributed by atoms with Crippen molar-refractivity contribution in [1.29, 1.82) is 0 Å². The second-order valence-corrected chi connectivity index (χ2v) is 9.58. The van der Waals surface area contributed by atoms with E-state index in [1.54, 1.807) is 11.3 Å². The van der Waals surface area contributed by atoms with Crippen molar-refractivity contribution in [1.82, 2.24) is 15.4 Å². The van der Waals surface area contributed by atoms with Gasteiger partial charge in [-0.1, -0.05) is 65.0 Å². The van der Waals surface area contributed by atoms with E-state index < -0.39 is 0 Å². The van der Waals surface area contributed by atoms with Gasteiger partial charge in [0.1, 0.15) is 10.0 Å². The maximum atomic E-state index is 12.6. The van der Waals surface area contributed by atoms with Crippen molar-refractivity contribution in [2.45, 2.75) is 19.9 Å². The fraction of sp³-hybridized carbons (Fsp3) is 0.182. The summed E-state index contributed by atoms with van der Waals surface area (Å²) in [5.74, 6) is 0.215. The first-order valence-corrected chi connectivity index (χ1v) is 11.7. The lowest BCUT2D eigenvalue weighted by molar-refractivity contribution is -0.124. The average Bonchev–Trinajstić information content (AvgIpc) is 3.49. The Morgan fingerprint density at radius 1 is 1.29 bits per heavy atom. The molecule has 0 atom stereocenters. The molecular weight excluding hydrogens is 450 g/mol. The van der Waals surface area contributed by atoms with Gasteiger partial charge in [0.25, 0.3) is 5.91 Å². The monoisotopic (exact) mass is 469 g/mol. The van der Waals surface area contributed by atoms with Gasteiger partial charge in [-0.3, -0.25) is 14.5 Å². The van der Waals surface area contributed by atoms with Crippen molar-refractivity contribution in [3.63, 3.8) is 0 Å². The minimum absolute atomic E-state index is 0.150. The molecule has 3 aromatic rings. The fourth-order valence-corrected chi connectivity index (χ4v) is 4.97. The van der Waals surface area contributed by atoms with Crippen LogP contribution in [-0.2, 0) is 16.1 Å². The number of amides is 2. The molecule has 0 unspecified atom stereocenters. The third-order valence-corrected chi connectivity index (χ3v) is 6.82. The van der Waals surface area contributed by atoms with Crippen LogP contribution in [0.3, 0.4) is 0 Å². The minimum Gasteiger partial charge on any atom is -0.359 e. The number of thiocarbonyl (C=S) groups is 1. The number of nitrogens with one attached hydrogen (secondary N) is 1. The fourth-order valence-electron chi connectivity index (χ4n) is 2.94. The lowest BCUT2D eigenvalue weighted by atomic mass is 10.1. The SMILES string of the molecule is Cc1ccc(-c2cc(CNC(=O)CCN3C(=O)/C(=C/c4cccs4)SC3=S)on2)cc1. The number of carbonyl (C=O) groups excluding carboxylic acids is 2. The first-order valence-electron chi connectivity index (χ1n) is 9.58. The molecule has 2 aromatic heterocycles. The molecule has 4 rings (SSSR count). The Kier molecular flexibility index (Phi) is 6.64. The number of nitrogens with zero attached hydrogens (tertiary/aromatic N) is 2. The number of hydrogen-bond donors (Lipinski definition) is 1. The van der Waals surface area contributed by atoms with E-state index in [2.05, 4.69) is 10.5 Å². The summed E-state index contributed by atoms with van der Waals surface area (Å²) in [5.41, 5.74) is 2.85. The number of carbonyl (C=O) groups is 2. The molecule has 0 saturated carbocycles. The second kappa shape index (κ2) is 9.59. The maximum absolute atomic E-state index is 12.6. The standard InChI is InChI=1S/C22H19N3O3S3/c1-14-4-6-15(7-5-14)18-11-16(28-24-18)13-23-20(26)8-9-25-21(27)19(31-22(25)29)12-17-3-2-10-30-17/h2-7,10-12H,8-9,13H2,1H3,(H,23,26)/b19-12-. The molecule has 0 radical (unpaired) electrons. The van der Waals surface area contributed by atoms with Gasteiger partial charge in [-0.05, 0) is 24.4 Å². The van der Waals surface area contributed by atoms with Crippen LogP contribution >= 0.6 is 35.3 Å². The highest BCUT2D eigenvalue weighted by Crippen LogP contribution is 2.33. The number of benzene rings is 1. The van der Waals surface area contributed by atoms with Gasteiger partial charge < -0.3 is 9.84 Å². The van der Waals surface area contributed by atoms with Crippen molar-refractivity contribution in [3.8, 4) is 11.3 Å². The molecule has 0 aliphatic carbocycles. The van der Waals surface area contributed by atoms with Crippen molar-refractivity contribution >= 4 is 57.5 Å². The zero-order valence-corrected chi connectivity index (χ0v) is 19.1. The maximum Gasteiger partial charge on any atom is 0.266 e. The Bertz CT molecular complexity index is 1130. The number of hydrogen-bond acceptors (Lipinski definition) is 7. The zero-order valence-electron chi connectivity index (χ0n) is 16.7. The Balaban J connectivity index is 1.27. The number of thiophene rings is 1. The second-order valence-electron chi connectivity index (χ2n) is 6.92. The van der Waals surface area contributed by atoms with Gasteiger partial charge in [0, 0.05) is 29.5 Å². The molecule has 1 aliphatic rings. The topological polar surface area (TPSA) is 75.4 Å². The van der Waals surface area contributed by atoms with Crippen LogP contribution < -0.4 is 5.32 Å². The number of thioether (sulfide) groups is 1. The van der Waals surface area contributed by atoms with Crippen LogP contribution in [0.2, 0.25) is 0 Å². The van der Waals surface area contributed by atoms with Crippen LogP contribution in [0.4, 0.5) is 0 Å². The third kappa shape index (κ3) is 5.30. The predicted molar refractivity (Wildman–Crippen MR) is 127 cm³/mol. The van der Waals surface area contributed by atoms with Gasteiger partial charge >= 0.3 is 0 Å². The van der Waals surface area contributed by atoms with Gasteiger partial charge in [-0.2, -0.15) is 0 Å². The smallest absolute Gasteiger partial charge is 0.266 e. The van der Waals surface area contributed by atoms with E-state index >= 15 is 0 Å². The summed E-state index contributed by atoms with van der Waals surface area (Å²) in [6.07, 6.45) is 1.98. The van der Waals surface area contributed by atoms with E-state index in [1.165, 1.54) is 22.2 Å². The van der Waals surface area contributed by atoms with E-state index in [0.717, 1.165) is 16.1 Å². The summed E-state index contributed by atoms with van der Waals surface area (Å²) in [5, 5.41) is 8.81. The summed E-state index contributed by atoms with van der Waals surface area (Å²) in [6, 6.07) is 13.7. The number of aryl methyl sites for hydroxylation is 1. The van der Waals surface area contributed by atoms with Crippen LogP contribution in [0, 0.1) is 6.92 Å². The Morgan fingerprint density at radius 2 is 2.10 bits per heavy atom. The molecule has 2 amide bonds. The number of aromatic nitrogens is 1. The molecule has 9 heteroatoms. The lowest BCUT2D eigenvalue weighted by Gasteiger charge is -2.13. The first kappa shape index (κ1) is 21.5. The quantitative estimate of drug-likeness (QED) is 0.402. The van der Waals surface area contributed by atoms with E-state index in [0.29, 0.717) is 15.0 Å². The zero-order chi connectivity index (χ0) is 21.8. The van der Waals surface area contributed by atoms with Crippen molar-refractivity contribution in [2.75, 3.05) is 6.54 Å². The molecule has 31 heavy (non-hydrogen) atoms. The highest BCUT2D eigenvalue weighted by Gasteiger charge is 2.32. The molecule has 6 nitrogen and oxygen atoms in total. The molecule has 0 spiro atoms. The molecule has 1 saturated heterocycles. The summed E-state index contributed by atoms with van der Waals surface area (Å²) in [6.45, 7) is 2.49. The van der Waals surface area contributed by atoms with E-state index in [9.17, 15) is 9.59 Å². The largest absolute Gasteiger partial charge is 0.359 e. The summed E-state index contributed by atoms with van der Waals surface area (Å²) in [7, 11) is 0.